The number of alkyl carbamates (subject to hydrolysis) is 1. The summed E-state index contributed by atoms with van der Waals surface area (Å²) in [6.45, 7) is 3.07. The maximum absolute atomic E-state index is 12.5. The number of benzene rings is 1. The number of carbonyl (C=O) groups excluding carboxylic acids is 2. The van der Waals surface area contributed by atoms with E-state index in [1.807, 2.05) is 25.1 Å². The number of ether oxygens (including phenoxy) is 1. The highest BCUT2D eigenvalue weighted by atomic mass is 79.9. The third-order valence-electron chi connectivity index (χ3n) is 3.48. The molecule has 0 aromatic heterocycles. The van der Waals surface area contributed by atoms with E-state index in [2.05, 4.69) is 26.0 Å². The first-order chi connectivity index (χ1) is 9.52. The molecular weight excluding hydrogens is 324 g/mol. The van der Waals surface area contributed by atoms with Crippen molar-refractivity contribution in [2.24, 2.45) is 0 Å². The minimum atomic E-state index is -0.456. The monoisotopic (exact) mass is 340 g/mol. The van der Waals surface area contributed by atoms with E-state index in [0.717, 1.165) is 16.5 Å². The summed E-state index contributed by atoms with van der Waals surface area (Å²) in [5.74, 6) is -0.00188. The van der Waals surface area contributed by atoms with Gasteiger partial charge in [0.1, 0.15) is 0 Å². The van der Waals surface area contributed by atoms with Crippen molar-refractivity contribution in [3.05, 3.63) is 33.8 Å². The largest absolute Gasteiger partial charge is 0.453 e. The molecule has 1 heterocycles. The smallest absolute Gasteiger partial charge is 0.407 e. The van der Waals surface area contributed by atoms with Crippen molar-refractivity contribution in [2.75, 3.05) is 20.2 Å². The quantitative estimate of drug-likeness (QED) is 0.898. The molecule has 108 valence electrons. The van der Waals surface area contributed by atoms with Crippen LogP contribution in [-0.4, -0.2) is 43.1 Å². The normalized spacial score (nSPS) is 17.9. The highest BCUT2D eigenvalue weighted by Crippen LogP contribution is 2.22. The van der Waals surface area contributed by atoms with Gasteiger partial charge >= 0.3 is 6.09 Å². The predicted molar refractivity (Wildman–Crippen MR) is 78.7 cm³/mol. The van der Waals surface area contributed by atoms with Crippen LogP contribution in [0.15, 0.2) is 22.7 Å². The molecule has 1 saturated heterocycles. The van der Waals surface area contributed by atoms with E-state index in [1.165, 1.54) is 7.11 Å². The number of nitrogens with one attached hydrogen (secondary N) is 1. The Morgan fingerprint density at radius 1 is 1.45 bits per heavy atom. The molecule has 1 aromatic carbocycles. The third-order valence-corrected chi connectivity index (χ3v) is 4.34. The van der Waals surface area contributed by atoms with E-state index in [-0.39, 0.29) is 11.9 Å². The Hall–Kier alpha value is -1.56. The van der Waals surface area contributed by atoms with Gasteiger partial charge in [-0.15, -0.1) is 0 Å². The van der Waals surface area contributed by atoms with Gasteiger partial charge in [-0.25, -0.2) is 4.79 Å². The topological polar surface area (TPSA) is 58.6 Å². The minimum Gasteiger partial charge on any atom is -0.453 e. The Morgan fingerprint density at radius 3 is 2.90 bits per heavy atom. The van der Waals surface area contributed by atoms with Gasteiger partial charge in [-0.3, -0.25) is 4.79 Å². The molecule has 1 N–H and O–H groups in total. The number of hydrogen-bond donors (Lipinski definition) is 1. The van der Waals surface area contributed by atoms with Crippen LogP contribution in [0.25, 0.3) is 0 Å². The van der Waals surface area contributed by atoms with Crippen LogP contribution >= 0.6 is 15.9 Å². The average Bonchev–Trinajstić information content (AvgIpc) is 2.89. The fraction of sp³-hybridized carbons (Fsp3) is 0.429. The SMILES string of the molecule is COC(=O)NC1CCN(C(=O)c2cccc(Br)c2C)C1. The lowest BCUT2D eigenvalue weighted by atomic mass is 10.1. The first-order valence-electron chi connectivity index (χ1n) is 6.41. The molecule has 6 heteroatoms. The van der Waals surface area contributed by atoms with Gasteiger partial charge in [0.25, 0.3) is 5.91 Å². The van der Waals surface area contributed by atoms with Crippen molar-refractivity contribution in [2.45, 2.75) is 19.4 Å². The maximum atomic E-state index is 12.5. The van der Waals surface area contributed by atoms with Gasteiger partial charge in [0.05, 0.1) is 13.2 Å². The summed E-state index contributed by atoms with van der Waals surface area (Å²) in [7, 11) is 1.33. The Kier molecular flexibility index (Phi) is 4.65. The van der Waals surface area contributed by atoms with Gasteiger partial charge in [0.15, 0.2) is 0 Å². The Morgan fingerprint density at radius 2 is 2.20 bits per heavy atom. The predicted octanol–water partition coefficient (Wildman–Crippen LogP) is 2.33. The van der Waals surface area contributed by atoms with Crippen molar-refractivity contribution in [1.82, 2.24) is 10.2 Å². The number of likely N-dealkylation sites (tertiary alicyclic amines) is 1. The number of amides is 2. The molecule has 0 spiro atoms. The van der Waals surface area contributed by atoms with Crippen LogP contribution in [0.1, 0.15) is 22.3 Å². The lowest BCUT2D eigenvalue weighted by Crippen LogP contribution is -2.38. The Labute approximate surface area is 126 Å². The molecule has 1 unspecified atom stereocenters. The number of methoxy groups -OCH3 is 1. The molecule has 5 nitrogen and oxygen atoms in total. The highest BCUT2D eigenvalue weighted by Gasteiger charge is 2.28. The Bertz CT molecular complexity index is 533. The summed E-state index contributed by atoms with van der Waals surface area (Å²) in [6, 6.07) is 5.55. The number of hydrogen-bond acceptors (Lipinski definition) is 3. The van der Waals surface area contributed by atoms with Crippen LogP contribution in [0.4, 0.5) is 4.79 Å². The van der Waals surface area contributed by atoms with Crippen LogP contribution in [-0.2, 0) is 4.74 Å². The molecule has 0 saturated carbocycles. The third kappa shape index (κ3) is 3.12. The summed E-state index contributed by atoms with van der Waals surface area (Å²) in [4.78, 5) is 25.4. The zero-order valence-electron chi connectivity index (χ0n) is 11.5. The second kappa shape index (κ2) is 6.26. The van der Waals surface area contributed by atoms with Crippen LogP contribution < -0.4 is 5.32 Å². The molecule has 0 bridgehead atoms. The number of rotatable bonds is 2. The van der Waals surface area contributed by atoms with Crippen LogP contribution in [0.3, 0.4) is 0 Å². The fourth-order valence-corrected chi connectivity index (χ4v) is 2.66. The molecule has 0 radical (unpaired) electrons. The molecule has 0 aliphatic carbocycles. The van der Waals surface area contributed by atoms with Gasteiger partial charge in [-0.05, 0) is 31.0 Å². The second-order valence-electron chi connectivity index (χ2n) is 4.79. The fourth-order valence-electron chi connectivity index (χ4n) is 2.30. The van der Waals surface area contributed by atoms with Crippen molar-refractivity contribution in [1.29, 1.82) is 0 Å². The van der Waals surface area contributed by atoms with Crippen molar-refractivity contribution < 1.29 is 14.3 Å². The summed E-state index contributed by atoms with van der Waals surface area (Å²) < 4.78 is 5.49. The molecule has 1 aromatic rings. The van der Waals surface area contributed by atoms with E-state index in [1.54, 1.807) is 4.90 Å². The zero-order valence-corrected chi connectivity index (χ0v) is 13.1. The first-order valence-corrected chi connectivity index (χ1v) is 7.21. The molecule has 20 heavy (non-hydrogen) atoms. The van der Waals surface area contributed by atoms with Gasteiger partial charge in [0, 0.05) is 23.1 Å². The highest BCUT2D eigenvalue weighted by molar-refractivity contribution is 9.10. The average molecular weight is 341 g/mol. The molecule has 2 amide bonds. The minimum absolute atomic E-state index is 0.00188. The van der Waals surface area contributed by atoms with E-state index >= 15 is 0 Å². The van der Waals surface area contributed by atoms with Gasteiger partial charge in [0.2, 0.25) is 0 Å². The maximum Gasteiger partial charge on any atom is 0.407 e. The van der Waals surface area contributed by atoms with E-state index in [9.17, 15) is 9.59 Å². The van der Waals surface area contributed by atoms with Crippen LogP contribution in [0.2, 0.25) is 0 Å². The van der Waals surface area contributed by atoms with Crippen LogP contribution in [0.5, 0.6) is 0 Å². The lowest BCUT2D eigenvalue weighted by Gasteiger charge is -2.18. The summed E-state index contributed by atoms with van der Waals surface area (Å²) in [6.07, 6.45) is 0.288. The Balaban J connectivity index is 2.04. The molecule has 1 fully saturated rings. The lowest BCUT2D eigenvalue weighted by molar-refractivity contribution is 0.0787. The van der Waals surface area contributed by atoms with E-state index in [0.29, 0.717) is 18.7 Å². The van der Waals surface area contributed by atoms with Gasteiger partial charge in [-0.2, -0.15) is 0 Å². The van der Waals surface area contributed by atoms with Gasteiger partial charge < -0.3 is 15.0 Å². The second-order valence-corrected chi connectivity index (χ2v) is 5.64. The van der Waals surface area contributed by atoms with Crippen LogP contribution in [0, 0.1) is 6.92 Å². The summed E-state index contributed by atoms with van der Waals surface area (Å²) in [5.41, 5.74) is 1.62. The standard InChI is InChI=1S/C14H17BrN2O3/c1-9-11(4-3-5-12(9)15)13(18)17-7-6-10(8-17)16-14(19)20-2/h3-5,10H,6-8H2,1-2H3,(H,16,19). The molecule has 1 aliphatic heterocycles. The van der Waals surface area contributed by atoms with Crippen molar-refractivity contribution in [3.63, 3.8) is 0 Å². The molecule has 1 aliphatic rings. The van der Waals surface area contributed by atoms with E-state index in [4.69, 9.17) is 0 Å². The van der Waals surface area contributed by atoms with Crippen molar-refractivity contribution in [3.8, 4) is 0 Å². The first kappa shape index (κ1) is 14.8. The number of halogens is 1. The summed E-state index contributed by atoms with van der Waals surface area (Å²) in [5, 5.41) is 2.73. The molecular formula is C14H17BrN2O3. The van der Waals surface area contributed by atoms with Gasteiger partial charge in [-0.1, -0.05) is 22.0 Å². The molecule has 2 rings (SSSR count). The number of carbonyl (C=O) groups is 2. The number of nitrogens with zero attached hydrogens (tertiary/aromatic N) is 1. The van der Waals surface area contributed by atoms with E-state index < -0.39 is 6.09 Å². The zero-order chi connectivity index (χ0) is 14.7. The molecule has 1 atom stereocenters. The van der Waals surface area contributed by atoms with Crippen molar-refractivity contribution >= 4 is 27.9 Å². The summed E-state index contributed by atoms with van der Waals surface area (Å²) >= 11 is 3.43.